The van der Waals surface area contributed by atoms with Crippen LogP contribution in [-0.4, -0.2) is 40.5 Å². The van der Waals surface area contributed by atoms with E-state index in [1.807, 2.05) is 12.1 Å². The fraction of sp³-hybridized carbons (Fsp3) is 0.200. The first-order valence-electron chi connectivity index (χ1n) is 8.64. The van der Waals surface area contributed by atoms with E-state index >= 15 is 0 Å². The molecule has 0 aliphatic carbocycles. The van der Waals surface area contributed by atoms with Gasteiger partial charge in [-0.25, -0.2) is 0 Å². The number of nitrogens with zero attached hydrogens (tertiary/aromatic N) is 1. The van der Waals surface area contributed by atoms with Gasteiger partial charge in [-0.3, -0.25) is 14.5 Å². The number of fused-ring (bicyclic) bond motifs is 3. The number of halogens is 2. The normalized spacial score (nSPS) is 13.4. The van der Waals surface area contributed by atoms with Gasteiger partial charge >= 0.3 is 0 Å². The summed E-state index contributed by atoms with van der Waals surface area (Å²) in [5.41, 5.74) is 4.32. The molecule has 3 aromatic rings. The Morgan fingerprint density at radius 3 is 2.57 bits per heavy atom. The van der Waals surface area contributed by atoms with E-state index in [0.717, 1.165) is 35.7 Å². The Bertz CT molecular complexity index is 986. The second kappa shape index (κ2) is 9.10. The first-order chi connectivity index (χ1) is 13.5. The highest BCUT2D eigenvalue weighted by molar-refractivity contribution is 6.31. The van der Waals surface area contributed by atoms with Crippen molar-refractivity contribution < 1.29 is 14.7 Å². The highest BCUT2D eigenvalue weighted by atomic mass is 35.5. The van der Waals surface area contributed by atoms with Crippen molar-refractivity contribution in [3.63, 3.8) is 0 Å². The maximum Gasteiger partial charge on any atom is 0.290 e. The Morgan fingerprint density at radius 1 is 1.18 bits per heavy atom. The summed E-state index contributed by atoms with van der Waals surface area (Å²) < 4.78 is 0. The second-order valence-electron chi connectivity index (χ2n) is 6.39. The molecule has 8 heteroatoms. The van der Waals surface area contributed by atoms with Crippen LogP contribution in [0.5, 0.6) is 0 Å². The van der Waals surface area contributed by atoms with Gasteiger partial charge in [0.05, 0.1) is 6.54 Å². The highest BCUT2D eigenvalue weighted by Gasteiger charge is 2.22. The molecule has 0 bridgehead atoms. The number of aromatic nitrogens is 1. The minimum atomic E-state index is -0.250. The summed E-state index contributed by atoms with van der Waals surface area (Å²) in [6.45, 7) is 1.70. The number of amides is 1. The quantitative estimate of drug-likeness (QED) is 0.556. The Balaban J connectivity index is 0.000000706. The fourth-order valence-corrected chi connectivity index (χ4v) is 3.65. The molecule has 1 aliphatic heterocycles. The molecule has 0 radical (unpaired) electrons. The first kappa shape index (κ1) is 20.2. The Morgan fingerprint density at radius 2 is 1.86 bits per heavy atom. The van der Waals surface area contributed by atoms with E-state index in [0.29, 0.717) is 11.6 Å². The lowest BCUT2D eigenvalue weighted by Crippen LogP contribution is -2.37. The first-order valence-corrected chi connectivity index (χ1v) is 9.40. The zero-order chi connectivity index (χ0) is 20.1. The summed E-state index contributed by atoms with van der Waals surface area (Å²) in [6.07, 6.45) is 0.922. The van der Waals surface area contributed by atoms with Gasteiger partial charge in [-0.1, -0.05) is 29.3 Å². The molecule has 0 saturated carbocycles. The molecule has 0 fully saturated rings. The van der Waals surface area contributed by atoms with Gasteiger partial charge in [-0.15, -0.1) is 0 Å². The zero-order valence-corrected chi connectivity index (χ0v) is 16.4. The van der Waals surface area contributed by atoms with Crippen LogP contribution in [0.3, 0.4) is 0 Å². The summed E-state index contributed by atoms with van der Waals surface area (Å²) in [4.78, 5) is 26.2. The molecule has 3 N–H and O–H groups in total. The number of carboxylic acid groups (broad SMARTS) is 1. The molecule has 28 heavy (non-hydrogen) atoms. The summed E-state index contributed by atoms with van der Waals surface area (Å²) in [6, 6.07) is 13.1. The average molecular weight is 420 g/mol. The third kappa shape index (κ3) is 4.84. The number of aromatic amines is 1. The van der Waals surface area contributed by atoms with Crippen molar-refractivity contribution in [3.8, 4) is 0 Å². The van der Waals surface area contributed by atoms with Crippen molar-refractivity contribution in [2.24, 2.45) is 0 Å². The summed E-state index contributed by atoms with van der Waals surface area (Å²) in [5, 5.41) is 12.4. The van der Waals surface area contributed by atoms with E-state index in [-0.39, 0.29) is 12.4 Å². The molecule has 0 spiro atoms. The maximum absolute atomic E-state index is 12.3. The van der Waals surface area contributed by atoms with Crippen LogP contribution in [0.15, 0.2) is 42.5 Å². The third-order valence-corrected chi connectivity index (χ3v) is 5.00. The van der Waals surface area contributed by atoms with Gasteiger partial charge in [0.15, 0.2) is 0 Å². The van der Waals surface area contributed by atoms with E-state index in [4.69, 9.17) is 33.1 Å². The van der Waals surface area contributed by atoms with Crippen LogP contribution in [-0.2, 0) is 22.6 Å². The van der Waals surface area contributed by atoms with Gasteiger partial charge in [0, 0.05) is 45.4 Å². The van der Waals surface area contributed by atoms with Crippen LogP contribution < -0.4 is 5.32 Å². The van der Waals surface area contributed by atoms with Crippen LogP contribution in [0.1, 0.15) is 11.3 Å². The topological polar surface area (TPSA) is 85.4 Å². The van der Waals surface area contributed by atoms with Crippen LogP contribution >= 0.6 is 23.2 Å². The van der Waals surface area contributed by atoms with E-state index in [1.165, 1.54) is 16.6 Å². The van der Waals surface area contributed by atoms with Crippen LogP contribution in [0, 0.1) is 0 Å². The molecular formula is C20H19Cl2N3O3. The Hall–Kier alpha value is -2.54. The number of hydrogen-bond acceptors (Lipinski definition) is 3. The maximum atomic E-state index is 12.3. The van der Waals surface area contributed by atoms with Gasteiger partial charge < -0.3 is 15.4 Å². The lowest BCUT2D eigenvalue weighted by Gasteiger charge is -2.26. The molecule has 0 saturated heterocycles. The Kier molecular flexibility index (Phi) is 6.57. The number of H-pyrrole nitrogens is 1. The number of hydrogen-bond donors (Lipinski definition) is 3. The lowest BCUT2D eigenvalue weighted by atomic mass is 10.0. The van der Waals surface area contributed by atoms with Crippen molar-refractivity contribution in [2.45, 2.75) is 13.0 Å². The molecule has 2 aromatic carbocycles. The van der Waals surface area contributed by atoms with Gasteiger partial charge in [0.25, 0.3) is 6.47 Å². The summed E-state index contributed by atoms with van der Waals surface area (Å²) >= 11 is 11.9. The smallest absolute Gasteiger partial charge is 0.290 e. The number of carbonyl (C=O) groups is 2. The Labute approximate surface area is 172 Å². The van der Waals surface area contributed by atoms with Gasteiger partial charge in [-0.2, -0.15) is 0 Å². The highest BCUT2D eigenvalue weighted by Crippen LogP contribution is 2.29. The average Bonchev–Trinajstić information content (AvgIpc) is 3.00. The molecule has 1 aliphatic rings. The van der Waals surface area contributed by atoms with Crippen LogP contribution in [0.2, 0.25) is 10.0 Å². The molecule has 0 unspecified atom stereocenters. The summed E-state index contributed by atoms with van der Waals surface area (Å²) in [7, 11) is 0. The minimum Gasteiger partial charge on any atom is -0.483 e. The number of carbonyl (C=O) groups excluding carboxylic acids is 1. The largest absolute Gasteiger partial charge is 0.483 e. The predicted molar refractivity (Wildman–Crippen MR) is 111 cm³/mol. The summed E-state index contributed by atoms with van der Waals surface area (Å²) in [5.74, 6) is -0.0232. The van der Waals surface area contributed by atoms with Crippen LogP contribution in [0.4, 0.5) is 5.69 Å². The second-order valence-corrected chi connectivity index (χ2v) is 7.27. The van der Waals surface area contributed by atoms with E-state index < -0.39 is 0 Å². The van der Waals surface area contributed by atoms with Crippen molar-refractivity contribution in [1.82, 2.24) is 9.88 Å². The number of benzene rings is 2. The number of nitrogens with one attached hydrogen (secondary N) is 2. The minimum absolute atomic E-state index is 0.0232. The van der Waals surface area contributed by atoms with Crippen molar-refractivity contribution in [1.29, 1.82) is 0 Å². The molecule has 2 heterocycles. The third-order valence-electron chi connectivity index (χ3n) is 4.51. The molecule has 1 amide bonds. The molecule has 4 rings (SSSR count). The molecular weight excluding hydrogens is 401 g/mol. The number of anilines is 1. The molecule has 146 valence electrons. The molecule has 6 nitrogen and oxygen atoms in total. The number of rotatable bonds is 3. The zero-order valence-electron chi connectivity index (χ0n) is 14.9. The van der Waals surface area contributed by atoms with E-state index in [2.05, 4.69) is 21.3 Å². The van der Waals surface area contributed by atoms with Crippen LogP contribution in [0.25, 0.3) is 10.9 Å². The standard InChI is InChI=1S/C19H17Cl2N3O.CH2O2/c20-12-1-4-14(5-2-12)22-19(25)11-24-8-7-16-15-6-3-13(21)9-17(15)23-18(16)10-24;2-1-3/h1-6,9,23H,7-8,10-11H2,(H,22,25);1H,(H,2,3). The van der Waals surface area contributed by atoms with Gasteiger partial charge in [0.2, 0.25) is 5.91 Å². The molecule has 0 atom stereocenters. The lowest BCUT2D eigenvalue weighted by molar-refractivity contribution is -0.123. The van der Waals surface area contributed by atoms with Gasteiger partial charge in [-0.05, 0) is 48.4 Å². The van der Waals surface area contributed by atoms with E-state index in [1.54, 1.807) is 24.3 Å². The van der Waals surface area contributed by atoms with Gasteiger partial charge in [0.1, 0.15) is 0 Å². The van der Waals surface area contributed by atoms with Crippen molar-refractivity contribution >= 4 is 52.2 Å². The fourth-order valence-electron chi connectivity index (χ4n) is 3.35. The predicted octanol–water partition coefficient (Wildman–Crippen LogP) is 4.17. The van der Waals surface area contributed by atoms with Crippen molar-refractivity contribution in [3.05, 3.63) is 63.8 Å². The SMILES string of the molecule is O=C(CN1CCc2c([nH]c3cc(Cl)ccc23)C1)Nc1ccc(Cl)cc1.O=CO. The molecule has 1 aromatic heterocycles. The monoisotopic (exact) mass is 419 g/mol. The van der Waals surface area contributed by atoms with E-state index in [9.17, 15) is 4.79 Å². The van der Waals surface area contributed by atoms with Crippen molar-refractivity contribution in [2.75, 3.05) is 18.4 Å².